The Morgan fingerprint density at radius 3 is 3.17 bits per heavy atom. The molecule has 2 rings (SSSR count). The standard InChI is InChI=1S/C6H6N4O2/c11-6-7-3-5(12-6)4-10-2-1-8-9-10/h1-3H,4H2,(H,7,11). The normalized spacial score (nSPS) is 10.3. The fourth-order valence-electron chi connectivity index (χ4n) is 0.872. The third-order valence-corrected chi connectivity index (χ3v) is 1.36. The zero-order chi connectivity index (χ0) is 8.39. The predicted octanol–water partition coefficient (Wildman–Crippen LogP) is -0.392. The lowest BCUT2D eigenvalue weighted by atomic mass is 10.5. The lowest BCUT2D eigenvalue weighted by Gasteiger charge is -1.92. The van der Waals surface area contributed by atoms with Crippen molar-refractivity contribution in [1.82, 2.24) is 20.0 Å². The first-order valence-corrected chi connectivity index (χ1v) is 3.36. The molecule has 0 unspecified atom stereocenters. The van der Waals surface area contributed by atoms with Crippen molar-refractivity contribution >= 4 is 0 Å². The Bertz CT molecular complexity index is 399. The van der Waals surface area contributed by atoms with Crippen molar-refractivity contribution in [2.75, 3.05) is 0 Å². The van der Waals surface area contributed by atoms with Crippen molar-refractivity contribution in [3.05, 3.63) is 34.9 Å². The van der Waals surface area contributed by atoms with E-state index < -0.39 is 5.76 Å². The van der Waals surface area contributed by atoms with Crippen LogP contribution in [0.25, 0.3) is 0 Å². The second-order valence-electron chi connectivity index (χ2n) is 2.25. The minimum atomic E-state index is -0.454. The Morgan fingerprint density at radius 1 is 1.67 bits per heavy atom. The molecule has 2 heterocycles. The van der Waals surface area contributed by atoms with E-state index in [0.29, 0.717) is 12.3 Å². The molecule has 0 saturated heterocycles. The SMILES string of the molecule is O=c1[nH]cc(Cn2ccnn2)o1. The number of nitrogens with zero attached hydrogens (tertiary/aromatic N) is 3. The van der Waals surface area contributed by atoms with E-state index in [0.717, 1.165) is 0 Å². The molecule has 62 valence electrons. The zero-order valence-corrected chi connectivity index (χ0v) is 6.10. The van der Waals surface area contributed by atoms with Crippen LogP contribution in [0.1, 0.15) is 5.76 Å². The van der Waals surface area contributed by atoms with Gasteiger partial charge < -0.3 is 4.42 Å². The van der Waals surface area contributed by atoms with Crippen molar-refractivity contribution in [3.63, 3.8) is 0 Å². The number of nitrogens with one attached hydrogen (secondary N) is 1. The van der Waals surface area contributed by atoms with Gasteiger partial charge in [-0.3, -0.25) is 4.98 Å². The summed E-state index contributed by atoms with van der Waals surface area (Å²) in [5.74, 6) is 0.0793. The van der Waals surface area contributed by atoms with Gasteiger partial charge in [-0.25, -0.2) is 9.48 Å². The fraction of sp³-hybridized carbons (Fsp3) is 0.167. The zero-order valence-electron chi connectivity index (χ0n) is 6.10. The van der Waals surface area contributed by atoms with Gasteiger partial charge in [-0.2, -0.15) is 0 Å². The quantitative estimate of drug-likeness (QED) is 0.659. The van der Waals surface area contributed by atoms with Gasteiger partial charge in [0.2, 0.25) is 0 Å². The number of rotatable bonds is 2. The Balaban J connectivity index is 2.19. The van der Waals surface area contributed by atoms with E-state index in [-0.39, 0.29) is 0 Å². The number of hydrogen-bond donors (Lipinski definition) is 1. The van der Waals surface area contributed by atoms with E-state index in [1.807, 2.05) is 0 Å². The highest BCUT2D eigenvalue weighted by Gasteiger charge is 1.99. The van der Waals surface area contributed by atoms with Gasteiger partial charge in [-0.1, -0.05) is 5.21 Å². The molecule has 6 heteroatoms. The summed E-state index contributed by atoms with van der Waals surface area (Å²) in [4.78, 5) is 12.9. The fourth-order valence-corrected chi connectivity index (χ4v) is 0.872. The molecule has 0 saturated carbocycles. The maximum atomic E-state index is 10.6. The summed E-state index contributed by atoms with van der Waals surface area (Å²) in [7, 11) is 0. The Morgan fingerprint density at radius 2 is 2.58 bits per heavy atom. The molecule has 1 N–H and O–H groups in total. The van der Waals surface area contributed by atoms with Gasteiger partial charge in [0.15, 0.2) is 0 Å². The summed E-state index contributed by atoms with van der Waals surface area (Å²) < 4.78 is 6.32. The van der Waals surface area contributed by atoms with Gasteiger partial charge >= 0.3 is 5.76 Å². The van der Waals surface area contributed by atoms with E-state index in [1.54, 1.807) is 17.1 Å². The molecular weight excluding hydrogens is 160 g/mol. The highest BCUT2D eigenvalue weighted by Crippen LogP contribution is 1.94. The third kappa shape index (κ3) is 1.26. The van der Waals surface area contributed by atoms with Crippen molar-refractivity contribution in [1.29, 1.82) is 0 Å². The minimum Gasteiger partial charge on any atom is -0.411 e. The smallest absolute Gasteiger partial charge is 0.411 e. The van der Waals surface area contributed by atoms with Gasteiger partial charge in [0, 0.05) is 12.4 Å². The summed E-state index contributed by atoms with van der Waals surface area (Å²) in [6.45, 7) is 0.415. The first-order chi connectivity index (χ1) is 5.84. The van der Waals surface area contributed by atoms with E-state index in [4.69, 9.17) is 4.42 Å². The number of aromatic nitrogens is 4. The molecule has 2 aromatic rings. The maximum Gasteiger partial charge on any atom is 0.416 e. The molecular formula is C6H6N4O2. The topological polar surface area (TPSA) is 76.7 Å². The van der Waals surface area contributed by atoms with Gasteiger partial charge in [-0.05, 0) is 0 Å². The van der Waals surface area contributed by atoms with E-state index in [1.165, 1.54) is 6.20 Å². The van der Waals surface area contributed by atoms with Crippen LogP contribution in [0.5, 0.6) is 0 Å². The molecule has 0 aliphatic heterocycles. The van der Waals surface area contributed by atoms with Crippen LogP contribution in [0, 0.1) is 0 Å². The van der Waals surface area contributed by atoms with Gasteiger partial charge in [-0.15, -0.1) is 5.10 Å². The van der Waals surface area contributed by atoms with Crippen LogP contribution in [0.3, 0.4) is 0 Å². The molecule has 0 aliphatic rings. The van der Waals surface area contributed by atoms with Crippen LogP contribution in [-0.2, 0) is 6.54 Å². The Hall–Kier alpha value is -1.85. The lowest BCUT2D eigenvalue weighted by Crippen LogP contribution is -1.99. The number of oxazole rings is 1. The van der Waals surface area contributed by atoms with E-state index in [2.05, 4.69) is 15.3 Å². The number of hydrogen-bond acceptors (Lipinski definition) is 4. The van der Waals surface area contributed by atoms with Crippen molar-refractivity contribution < 1.29 is 4.42 Å². The molecule has 0 atom stereocenters. The van der Waals surface area contributed by atoms with Crippen molar-refractivity contribution in [2.45, 2.75) is 6.54 Å². The average Bonchev–Trinajstić information content (AvgIpc) is 2.63. The van der Waals surface area contributed by atoms with Crippen LogP contribution in [0.15, 0.2) is 27.8 Å². The predicted molar refractivity (Wildman–Crippen MR) is 38.5 cm³/mol. The van der Waals surface area contributed by atoms with Gasteiger partial charge in [0.05, 0.1) is 6.20 Å². The van der Waals surface area contributed by atoms with Crippen LogP contribution >= 0.6 is 0 Å². The van der Waals surface area contributed by atoms with Crippen molar-refractivity contribution in [2.24, 2.45) is 0 Å². The molecule has 2 aromatic heterocycles. The first kappa shape index (κ1) is 6.84. The number of H-pyrrole nitrogens is 1. The lowest BCUT2D eigenvalue weighted by molar-refractivity contribution is 0.444. The molecule has 6 nitrogen and oxygen atoms in total. The van der Waals surface area contributed by atoms with Crippen LogP contribution < -0.4 is 5.76 Å². The van der Waals surface area contributed by atoms with Crippen LogP contribution in [0.2, 0.25) is 0 Å². The van der Waals surface area contributed by atoms with Crippen LogP contribution in [-0.4, -0.2) is 20.0 Å². The third-order valence-electron chi connectivity index (χ3n) is 1.36. The average molecular weight is 166 g/mol. The largest absolute Gasteiger partial charge is 0.416 e. The van der Waals surface area contributed by atoms with E-state index >= 15 is 0 Å². The van der Waals surface area contributed by atoms with Crippen LogP contribution in [0.4, 0.5) is 0 Å². The highest BCUT2D eigenvalue weighted by atomic mass is 16.4. The molecule has 0 aliphatic carbocycles. The highest BCUT2D eigenvalue weighted by molar-refractivity contribution is 4.88. The first-order valence-electron chi connectivity index (χ1n) is 3.36. The molecule has 0 spiro atoms. The molecule has 0 radical (unpaired) electrons. The summed E-state index contributed by atoms with van der Waals surface area (Å²) in [6, 6.07) is 0. The Labute approximate surface area is 66.8 Å². The summed E-state index contributed by atoms with van der Waals surface area (Å²) in [5.41, 5.74) is 0. The monoisotopic (exact) mass is 166 g/mol. The molecule has 0 bridgehead atoms. The second-order valence-corrected chi connectivity index (χ2v) is 2.25. The second kappa shape index (κ2) is 2.65. The molecule has 0 amide bonds. The Kier molecular flexibility index (Phi) is 1.51. The molecule has 0 fully saturated rings. The summed E-state index contributed by atoms with van der Waals surface area (Å²) >= 11 is 0. The minimum absolute atomic E-state index is 0.415. The molecule has 0 aromatic carbocycles. The van der Waals surface area contributed by atoms with E-state index in [9.17, 15) is 4.79 Å². The maximum absolute atomic E-state index is 10.6. The number of aromatic amines is 1. The van der Waals surface area contributed by atoms with Crippen molar-refractivity contribution in [3.8, 4) is 0 Å². The van der Waals surface area contributed by atoms with Gasteiger partial charge in [0.1, 0.15) is 12.3 Å². The van der Waals surface area contributed by atoms with Gasteiger partial charge in [0.25, 0.3) is 0 Å². The molecule has 12 heavy (non-hydrogen) atoms. The summed E-state index contributed by atoms with van der Waals surface area (Å²) in [5, 5.41) is 7.32. The summed E-state index contributed by atoms with van der Waals surface area (Å²) in [6.07, 6.45) is 4.75.